The molecule has 0 aromatic heterocycles. The van der Waals surface area contributed by atoms with Crippen LogP contribution in [0.15, 0.2) is 24.3 Å². The molecule has 0 N–H and O–H groups in total. The Hall–Kier alpha value is -1.61. The van der Waals surface area contributed by atoms with Crippen LogP contribution in [0.2, 0.25) is 0 Å². The van der Waals surface area contributed by atoms with E-state index in [0.717, 1.165) is 63.5 Å². The van der Waals surface area contributed by atoms with Gasteiger partial charge in [0.2, 0.25) is 0 Å². The zero-order chi connectivity index (χ0) is 23.5. The van der Waals surface area contributed by atoms with Crippen LogP contribution in [0.4, 0.5) is 39.5 Å². The lowest BCUT2D eigenvalue weighted by molar-refractivity contribution is -0.436. The number of rotatable bonds is 7. The van der Waals surface area contributed by atoms with Gasteiger partial charge < -0.3 is 4.74 Å². The number of benzene rings is 1. The van der Waals surface area contributed by atoms with E-state index in [0.29, 0.717) is 11.5 Å². The van der Waals surface area contributed by atoms with Crippen LogP contribution in [0.5, 0.6) is 5.75 Å². The third-order valence-electron chi connectivity index (χ3n) is 5.88. The van der Waals surface area contributed by atoms with Gasteiger partial charge >= 0.3 is 24.1 Å². The molecule has 0 radical (unpaired) electrons. The van der Waals surface area contributed by atoms with Crippen molar-refractivity contribution in [2.45, 2.75) is 88.3 Å². The predicted molar refractivity (Wildman–Crippen MR) is 96.8 cm³/mol. The van der Waals surface area contributed by atoms with Gasteiger partial charge in [-0.05, 0) is 55.2 Å². The summed E-state index contributed by atoms with van der Waals surface area (Å²) in [5.41, 5.74) is -5.64. The van der Waals surface area contributed by atoms with Crippen LogP contribution in [0.3, 0.4) is 0 Å². The zero-order valence-electron chi connectivity index (χ0n) is 16.9. The maximum atomic E-state index is 13.0. The number of ether oxygens (including phenoxy) is 1. The Morgan fingerprint density at radius 2 is 1.23 bits per heavy atom. The highest BCUT2D eigenvalue weighted by molar-refractivity contribution is 5.31. The number of hydrogen-bond donors (Lipinski definition) is 0. The first kappa shape index (κ1) is 25.6. The van der Waals surface area contributed by atoms with E-state index in [-0.39, 0.29) is 5.92 Å². The fourth-order valence-electron chi connectivity index (χ4n) is 4.11. The molecule has 1 aliphatic carbocycles. The summed E-state index contributed by atoms with van der Waals surface area (Å²) in [7, 11) is 0. The summed E-state index contributed by atoms with van der Waals surface area (Å²) < 4.78 is 121. The molecule has 178 valence electrons. The highest BCUT2D eigenvalue weighted by Crippen LogP contribution is 2.54. The molecule has 1 aliphatic rings. The van der Waals surface area contributed by atoms with E-state index in [1.165, 1.54) is 12.1 Å². The number of unbranched alkanes of at least 4 members (excludes halogenated alkanes) is 2. The van der Waals surface area contributed by atoms with Crippen LogP contribution in [-0.2, 0) is 0 Å². The molecule has 0 bridgehead atoms. The van der Waals surface area contributed by atoms with Crippen molar-refractivity contribution >= 4 is 0 Å². The monoisotopic (exact) mass is 464 g/mol. The first-order chi connectivity index (χ1) is 14.2. The van der Waals surface area contributed by atoms with E-state index >= 15 is 0 Å². The first-order valence-corrected chi connectivity index (χ1v) is 10.2. The van der Waals surface area contributed by atoms with Gasteiger partial charge in [-0.3, -0.25) is 0 Å². The second-order valence-electron chi connectivity index (χ2n) is 8.06. The summed E-state index contributed by atoms with van der Waals surface area (Å²) in [6, 6.07) is 3.96. The maximum absolute atomic E-state index is 13.0. The Balaban J connectivity index is 2.14. The van der Waals surface area contributed by atoms with Gasteiger partial charge in [-0.1, -0.05) is 44.7 Å². The minimum Gasteiger partial charge on any atom is -0.462 e. The van der Waals surface area contributed by atoms with Crippen LogP contribution in [0, 0.1) is 5.92 Å². The van der Waals surface area contributed by atoms with E-state index in [9.17, 15) is 39.5 Å². The molecule has 31 heavy (non-hydrogen) atoms. The molecule has 0 aliphatic heterocycles. The normalized spacial score (nSPS) is 21.2. The fourth-order valence-corrected chi connectivity index (χ4v) is 4.11. The molecule has 10 heteroatoms. The van der Waals surface area contributed by atoms with Gasteiger partial charge in [-0.15, -0.1) is 0 Å². The lowest BCUT2D eigenvalue weighted by atomic mass is 9.77. The average Bonchev–Trinajstić information content (AvgIpc) is 2.64. The smallest absolute Gasteiger partial charge is 0.447 e. The van der Waals surface area contributed by atoms with Crippen molar-refractivity contribution < 1.29 is 44.3 Å². The highest BCUT2D eigenvalue weighted by atomic mass is 19.4. The van der Waals surface area contributed by atoms with Crippen LogP contribution in [0.25, 0.3) is 0 Å². The number of hydrogen-bond acceptors (Lipinski definition) is 1. The van der Waals surface area contributed by atoms with Crippen molar-refractivity contribution in [2.24, 2.45) is 5.92 Å². The maximum Gasteiger partial charge on any atom is 0.447 e. The third-order valence-corrected chi connectivity index (χ3v) is 5.88. The van der Waals surface area contributed by atoms with Crippen molar-refractivity contribution in [3.05, 3.63) is 29.8 Å². The Labute approximate surface area is 175 Å². The van der Waals surface area contributed by atoms with Crippen LogP contribution in [-0.4, -0.2) is 24.1 Å². The molecule has 1 nitrogen and oxygen atoms in total. The topological polar surface area (TPSA) is 9.23 Å². The van der Waals surface area contributed by atoms with Crippen LogP contribution in [0.1, 0.15) is 69.8 Å². The molecular formula is C21H25F9O. The highest BCUT2D eigenvalue weighted by Gasteiger charge is 2.87. The van der Waals surface area contributed by atoms with Crippen LogP contribution >= 0.6 is 0 Å². The minimum absolute atomic E-state index is 0.0640. The van der Waals surface area contributed by atoms with Crippen molar-refractivity contribution in [3.63, 3.8) is 0 Å². The molecule has 0 amide bonds. The van der Waals surface area contributed by atoms with Crippen molar-refractivity contribution in [3.8, 4) is 5.75 Å². The van der Waals surface area contributed by atoms with Gasteiger partial charge in [0, 0.05) is 0 Å². The van der Waals surface area contributed by atoms with E-state index in [1.807, 2.05) is 0 Å². The summed E-state index contributed by atoms with van der Waals surface area (Å²) in [5, 5.41) is 0. The summed E-state index contributed by atoms with van der Waals surface area (Å²) >= 11 is 0. The summed E-state index contributed by atoms with van der Waals surface area (Å²) in [5.74, 6) is -0.491. The molecule has 0 saturated heterocycles. The quantitative estimate of drug-likeness (QED) is 0.291. The van der Waals surface area contributed by atoms with Gasteiger partial charge in [0.05, 0.1) is 0 Å². The average molecular weight is 464 g/mol. The van der Waals surface area contributed by atoms with E-state index < -0.39 is 29.9 Å². The minimum atomic E-state index is -6.75. The molecule has 1 fully saturated rings. The molecule has 1 aromatic rings. The third kappa shape index (κ3) is 5.61. The van der Waals surface area contributed by atoms with Crippen molar-refractivity contribution in [2.75, 3.05) is 0 Å². The molecule has 0 atom stereocenters. The Bertz CT molecular complexity index is 645. The van der Waals surface area contributed by atoms with Gasteiger partial charge in [-0.2, -0.15) is 39.5 Å². The summed E-state index contributed by atoms with van der Waals surface area (Å²) in [6.45, 7) is 2.12. The Morgan fingerprint density at radius 1 is 0.742 bits per heavy atom. The molecule has 2 rings (SSSR count). The largest absolute Gasteiger partial charge is 0.462 e. The number of halogens is 9. The molecule has 0 unspecified atom stereocenters. The molecule has 0 spiro atoms. The molecule has 1 saturated carbocycles. The van der Waals surface area contributed by atoms with Gasteiger partial charge in [-0.25, -0.2) is 0 Å². The standard InChI is InChI=1S/C21H25F9O/c1-2-3-4-5-14-6-8-15(9-7-14)16-10-12-17(13-11-16)31-18(19(22,23)24,20(25,26)27)21(28,29)30/h10-15H,2-9H2,1H3. The lowest BCUT2D eigenvalue weighted by Crippen LogP contribution is -2.69. The van der Waals surface area contributed by atoms with E-state index in [1.54, 1.807) is 0 Å². The summed E-state index contributed by atoms with van der Waals surface area (Å²) in [4.78, 5) is 0. The van der Waals surface area contributed by atoms with E-state index in [2.05, 4.69) is 11.7 Å². The fraction of sp³-hybridized carbons (Fsp3) is 0.714. The van der Waals surface area contributed by atoms with Gasteiger partial charge in [0.1, 0.15) is 5.75 Å². The van der Waals surface area contributed by atoms with Gasteiger partial charge in [0.15, 0.2) is 0 Å². The SMILES string of the molecule is CCCCCC1CCC(c2ccc(OC(C(F)(F)F)(C(F)(F)F)C(F)(F)F)cc2)CC1. The molecular weight excluding hydrogens is 439 g/mol. The second-order valence-corrected chi connectivity index (χ2v) is 8.06. The number of alkyl halides is 9. The van der Waals surface area contributed by atoms with E-state index in [4.69, 9.17) is 0 Å². The molecule has 1 aromatic carbocycles. The zero-order valence-corrected chi connectivity index (χ0v) is 16.9. The van der Waals surface area contributed by atoms with Crippen molar-refractivity contribution in [1.29, 1.82) is 0 Å². The Kier molecular flexibility index (Phi) is 7.85. The van der Waals surface area contributed by atoms with Gasteiger partial charge in [0.25, 0.3) is 0 Å². The van der Waals surface area contributed by atoms with Crippen LogP contribution < -0.4 is 4.74 Å². The van der Waals surface area contributed by atoms with Crippen molar-refractivity contribution in [1.82, 2.24) is 0 Å². The molecule has 0 heterocycles. The second kappa shape index (κ2) is 9.48. The summed E-state index contributed by atoms with van der Waals surface area (Å²) in [6.07, 6.45) is -12.1. The Morgan fingerprint density at radius 3 is 1.65 bits per heavy atom. The lowest BCUT2D eigenvalue weighted by Gasteiger charge is -2.38. The predicted octanol–water partition coefficient (Wildman–Crippen LogP) is 8.35. The first-order valence-electron chi connectivity index (χ1n) is 10.2.